The fourth-order valence-corrected chi connectivity index (χ4v) is 2.56. The van der Waals surface area contributed by atoms with Gasteiger partial charge >= 0.3 is 12.1 Å². The van der Waals surface area contributed by atoms with Gasteiger partial charge in [0.1, 0.15) is 12.6 Å². The maximum atomic E-state index is 11.9. The third-order valence-electron chi connectivity index (χ3n) is 3.86. The molecule has 6 nitrogen and oxygen atoms in total. The number of aromatic amines is 1. The van der Waals surface area contributed by atoms with Crippen LogP contribution in [0.1, 0.15) is 11.1 Å². The van der Waals surface area contributed by atoms with Crippen molar-refractivity contribution in [3.8, 4) is 0 Å². The smallest absolute Gasteiger partial charge is 0.408 e. The molecule has 3 N–H and O–H groups in total. The van der Waals surface area contributed by atoms with E-state index in [1.807, 2.05) is 60.8 Å². The molecule has 2 aromatic carbocycles. The van der Waals surface area contributed by atoms with Gasteiger partial charge < -0.3 is 20.1 Å². The number of alkyl carbamates (subject to hydrolysis) is 1. The number of rotatable bonds is 6. The summed E-state index contributed by atoms with van der Waals surface area (Å²) in [5.74, 6) is -1.11. The van der Waals surface area contributed by atoms with Gasteiger partial charge in [0.15, 0.2) is 0 Å². The van der Waals surface area contributed by atoms with Gasteiger partial charge in [0.25, 0.3) is 0 Å². The average Bonchev–Trinajstić information content (AvgIpc) is 3.08. The Hall–Kier alpha value is -3.28. The van der Waals surface area contributed by atoms with Crippen LogP contribution in [-0.2, 0) is 22.6 Å². The summed E-state index contributed by atoms with van der Waals surface area (Å²) in [6.07, 6.45) is 1.24. The number of aromatic nitrogens is 1. The summed E-state index contributed by atoms with van der Waals surface area (Å²) in [6.45, 7) is 0.0907. The van der Waals surface area contributed by atoms with Crippen LogP contribution < -0.4 is 5.32 Å². The lowest BCUT2D eigenvalue weighted by Gasteiger charge is -2.15. The van der Waals surface area contributed by atoms with Crippen molar-refractivity contribution in [2.75, 3.05) is 0 Å². The molecular formula is C19H18N2O4. The summed E-state index contributed by atoms with van der Waals surface area (Å²) in [4.78, 5) is 26.4. The zero-order valence-electron chi connectivity index (χ0n) is 13.4. The molecule has 0 radical (unpaired) electrons. The van der Waals surface area contributed by atoms with Gasteiger partial charge in [0.2, 0.25) is 0 Å². The predicted molar refractivity (Wildman–Crippen MR) is 93.2 cm³/mol. The van der Waals surface area contributed by atoms with Crippen molar-refractivity contribution < 1.29 is 19.4 Å². The van der Waals surface area contributed by atoms with Crippen molar-refractivity contribution in [3.05, 3.63) is 71.9 Å². The zero-order valence-corrected chi connectivity index (χ0v) is 13.4. The highest BCUT2D eigenvalue weighted by atomic mass is 16.5. The highest BCUT2D eigenvalue weighted by Crippen LogP contribution is 2.15. The van der Waals surface area contributed by atoms with Gasteiger partial charge in [-0.15, -0.1) is 0 Å². The molecule has 3 aromatic rings. The molecule has 0 aliphatic rings. The molecule has 25 heavy (non-hydrogen) atoms. The zero-order chi connectivity index (χ0) is 17.6. The van der Waals surface area contributed by atoms with Gasteiger partial charge in [-0.3, -0.25) is 0 Å². The summed E-state index contributed by atoms with van der Waals surface area (Å²) in [7, 11) is 0. The van der Waals surface area contributed by atoms with E-state index >= 15 is 0 Å². The molecule has 128 valence electrons. The van der Waals surface area contributed by atoms with Crippen molar-refractivity contribution in [3.63, 3.8) is 0 Å². The molecule has 3 rings (SSSR count). The Labute approximate surface area is 144 Å². The third kappa shape index (κ3) is 4.38. The topological polar surface area (TPSA) is 91.4 Å². The van der Waals surface area contributed by atoms with Crippen LogP contribution in [0.3, 0.4) is 0 Å². The summed E-state index contributed by atoms with van der Waals surface area (Å²) in [5, 5.41) is 12.8. The Morgan fingerprint density at radius 2 is 1.88 bits per heavy atom. The second kappa shape index (κ2) is 7.53. The molecular weight excluding hydrogens is 320 g/mol. The molecule has 0 spiro atoms. The lowest BCUT2D eigenvalue weighted by Crippen LogP contribution is -2.42. The third-order valence-corrected chi connectivity index (χ3v) is 3.86. The molecule has 0 fully saturated rings. The number of carboxylic acids is 1. The number of hydrogen-bond donors (Lipinski definition) is 3. The molecule has 1 amide bonds. The van der Waals surface area contributed by atoms with Gasteiger partial charge in [-0.25, -0.2) is 9.59 Å². The molecule has 6 heteroatoms. The Kier molecular flexibility index (Phi) is 4.99. The number of aliphatic carboxylic acids is 1. The minimum Gasteiger partial charge on any atom is -0.480 e. The van der Waals surface area contributed by atoms with Crippen LogP contribution in [0, 0.1) is 0 Å². The summed E-state index contributed by atoms with van der Waals surface area (Å²) >= 11 is 0. The lowest BCUT2D eigenvalue weighted by molar-refractivity contribution is -0.139. The standard InChI is InChI=1S/C19H18N2O4/c22-18(23)17(11-14-6-7-15-8-9-20-16(15)10-14)21-19(24)25-12-13-4-2-1-3-5-13/h1-10,17,20H,11-12H2,(H,21,24)(H,22,23). The number of hydrogen-bond acceptors (Lipinski definition) is 3. The van der Waals surface area contributed by atoms with E-state index in [-0.39, 0.29) is 13.0 Å². The number of fused-ring (bicyclic) bond motifs is 1. The SMILES string of the molecule is O=C(NC(Cc1ccc2cc[nH]c2c1)C(=O)O)OCc1ccccc1. The minimum absolute atomic E-state index is 0.0907. The quantitative estimate of drug-likeness (QED) is 0.644. The van der Waals surface area contributed by atoms with Crippen LogP contribution in [-0.4, -0.2) is 28.2 Å². The number of ether oxygens (including phenoxy) is 1. The number of H-pyrrole nitrogens is 1. The van der Waals surface area contributed by atoms with Crippen molar-refractivity contribution in [1.29, 1.82) is 0 Å². The Morgan fingerprint density at radius 1 is 1.08 bits per heavy atom. The van der Waals surface area contributed by atoms with Crippen LogP contribution in [0.25, 0.3) is 10.9 Å². The average molecular weight is 338 g/mol. The van der Waals surface area contributed by atoms with Gasteiger partial charge in [-0.2, -0.15) is 0 Å². The molecule has 0 saturated heterocycles. The van der Waals surface area contributed by atoms with Crippen LogP contribution in [0.4, 0.5) is 4.79 Å². The molecule has 0 aliphatic heterocycles. The van der Waals surface area contributed by atoms with Crippen molar-refractivity contribution in [2.45, 2.75) is 19.1 Å². The second-order valence-corrected chi connectivity index (χ2v) is 5.70. The first-order chi connectivity index (χ1) is 12.1. The van der Waals surface area contributed by atoms with Crippen LogP contribution in [0.2, 0.25) is 0 Å². The molecule has 1 heterocycles. The Bertz CT molecular complexity index is 873. The number of amides is 1. The van der Waals surface area contributed by atoms with Gasteiger partial charge in [0, 0.05) is 18.1 Å². The fraction of sp³-hybridized carbons (Fsp3) is 0.158. The largest absolute Gasteiger partial charge is 0.480 e. The van der Waals surface area contributed by atoms with Crippen LogP contribution in [0.5, 0.6) is 0 Å². The van der Waals surface area contributed by atoms with E-state index in [9.17, 15) is 14.7 Å². The Balaban J connectivity index is 1.60. The maximum absolute atomic E-state index is 11.9. The number of carbonyl (C=O) groups excluding carboxylic acids is 1. The molecule has 1 aromatic heterocycles. The first kappa shape index (κ1) is 16.6. The highest BCUT2D eigenvalue weighted by Gasteiger charge is 2.21. The predicted octanol–water partition coefficient (Wildman–Crippen LogP) is 3.09. The number of carbonyl (C=O) groups is 2. The minimum atomic E-state index is -1.11. The van der Waals surface area contributed by atoms with E-state index < -0.39 is 18.1 Å². The monoisotopic (exact) mass is 338 g/mol. The van der Waals surface area contributed by atoms with Crippen molar-refractivity contribution in [2.24, 2.45) is 0 Å². The molecule has 0 bridgehead atoms. The summed E-state index contributed by atoms with van der Waals surface area (Å²) < 4.78 is 5.08. The number of benzene rings is 2. The maximum Gasteiger partial charge on any atom is 0.408 e. The summed E-state index contributed by atoms with van der Waals surface area (Å²) in [6, 6.07) is 15.7. The van der Waals surface area contributed by atoms with Crippen molar-refractivity contribution >= 4 is 23.0 Å². The molecule has 0 saturated carbocycles. The van der Waals surface area contributed by atoms with Crippen LogP contribution in [0.15, 0.2) is 60.8 Å². The van der Waals surface area contributed by atoms with Gasteiger partial charge in [0.05, 0.1) is 0 Å². The first-order valence-corrected chi connectivity index (χ1v) is 7.88. The Morgan fingerprint density at radius 3 is 2.64 bits per heavy atom. The summed E-state index contributed by atoms with van der Waals surface area (Å²) in [5.41, 5.74) is 2.57. The van der Waals surface area contributed by atoms with Gasteiger partial charge in [-0.1, -0.05) is 42.5 Å². The van der Waals surface area contributed by atoms with E-state index in [1.165, 1.54) is 0 Å². The van der Waals surface area contributed by atoms with E-state index in [1.54, 1.807) is 0 Å². The van der Waals surface area contributed by atoms with Crippen LogP contribution >= 0.6 is 0 Å². The fourth-order valence-electron chi connectivity index (χ4n) is 2.56. The van der Waals surface area contributed by atoms with Gasteiger partial charge in [-0.05, 0) is 28.6 Å². The number of carboxylic acid groups (broad SMARTS) is 1. The van der Waals surface area contributed by atoms with Crippen molar-refractivity contribution in [1.82, 2.24) is 10.3 Å². The van der Waals surface area contributed by atoms with E-state index in [4.69, 9.17) is 4.74 Å². The molecule has 1 atom stereocenters. The van der Waals surface area contributed by atoms with E-state index in [0.717, 1.165) is 22.0 Å². The molecule has 1 unspecified atom stereocenters. The first-order valence-electron chi connectivity index (χ1n) is 7.88. The normalized spacial score (nSPS) is 11.8. The lowest BCUT2D eigenvalue weighted by atomic mass is 10.0. The second-order valence-electron chi connectivity index (χ2n) is 5.70. The molecule has 0 aliphatic carbocycles. The van der Waals surface area contributed by atoms with E-state index in [2.05, 4.69) is 10.3 Å². The highest BCUT2D eigenvalue weighted by molar-refractivity contribution is 5.82. The number of nitrogens with one attached hydrogen (secondary N) is 2. The van der Waals surface area contributed by atoms with E-state index in [0.29, 0.717) is 0 Å².